The second kappa shape index (κ2) is 8.17. The molecular weight excluding hydrogens is 407 g/mol. The summed E-state index contributed by atoms with van der Waals surface area (Å²) in [4.78, 5) is 18.7. The number of amides is 1. The zero-order chi connectivity index (χ0) is 21.2. The van der Waals surface area contributed by atoms with Gasteiger partial charge in [-0.1, -0.05) is 31.7 Å². The number of sulfone groups is 1. The summed E-state index contributed by atoms with van der Waals surface area (Å²) < 4.78 is 64.3. The molecular formula is C19H22F3N3O3S. The molecule has 1 saturated carbocycles. The maximum absolute atomic E-state index is 13.6. The Hall–Kier alpha value is -2.36. The fourth-order valence-electron chi connectivity index (χ4n) is 3.82. The van der Waals surface area contributed by atoms with E-state index < -0.39 is 38.3 Å². The van der Waals surface area contributed by atoms with Crippen LogP contribution in [0.25, 0.3) is 0 Å². The standard InChI is InChI=1S/C19H22F3N3O3S/c1-29(27,28)16-7-6-13(11-15(16)19(20,21)22)14(10-12-4-2-3-5-12)17(26)25-18-23-8-9-24-18/h6-9,11-12,14H,2-5,10H2,1H3,(H2,23,24,25,26). The van der Waals surface area contributed by atoms with Crippen molar-refractivity contribution in [2.75, 3.05) is 11.6 Å². The van der Waals surface area contributed by atoms with Crippen LogP contribution in [0.2, 0.25) is 0 Å². The number of hydrogen-bond acceptors (Lipinski definition) is 4. The van der Waals surface area contributed by atoms with E-state index in [-0.39, 0.29) is 17.4 Å². The van der Waals surface area contributed by atoms with E-state index in [2.05, 4.69) is 15.3 Å². The Bertz CT molecular complexity index is 966. The summed E-state index contributed by atoms with van der Waals surface area (Å²) >= 11 is 0. The lowest BCUT2D eigenvalue weighted by molar-refractivity contribution is -0.140. The molecule has 1 heterocycles. The number of hydrogen-bond donors (Lipinski definition) is 2. The van der Waals surface area contributed by atoms with Crippen LogP contribution in [-0.4, -0.2) is 30.5 Å². The van der Waals surface area contributed by atoms with E-state index in [9.17, 15) is 26.4 Å². The Morgan fingerprint density at radius 1 is 1.31 bits per heavy atom. The van der Waals surface area contributed by atoms with Gasteiger partial charge < -0.3 is 4.98 Å². The third-order valence-corrected chi connectivity index (χ3v) is 6.37. The number of alkyl halides is 3. The molecule has 1 aromatic heterocycles. The van der Waals surface area contributed by atoms with E-state index >= 15 is 0 Å². The fraction of sp³-hybridized carbons (Fsp3) is 0.474. The van der Waals surface area contributed by atoms with Gasteiger partial charge in [0.1, 0.15) is 0 Å². The first kappa shape index (κ1) is 21.4. The molecule has 10 heteroatoms. The van der Waals surface area contributed by atoms with Crippen LogP contribution in [0.15, 0.2) is 35.5 Å². The zero-order valence-corrected chi connectivity index (χ0v) is 16.6. The number of nitrogens with one attached hydrogen (secondary N) is 2. The minimum absolute atomic E-state index is 0.140. The van der Waals surface area contributed by atoms with Crippen LogP contribution < -0.4 is 5.32 Å². The van der Waals surface area contributed by atoms with Crippen LogP contribution in [-0.2, 0) is 20.8 Å². The van der Waals surface area contributed by atoms with Crippen molar-refractivity contribution in [2.24, 2.45) is 5.92 Å². The summed E-state index contributed by atoms with van der Waals surface area (Å²) in [5.74, 6) is -0.897. The first-order valence-electron chi connectivity index (χ1n) is 9.27. The molecule has 3 rings (SSSR count). The summed E-state index contributed by atoms with van der Waals surface area (Å²) in [5.41, 5.74) is -1.11. The molecule has 1 aliphatic rings. The van der Waals surface area contributed by atoms with Crippen LogP contribution in [0.3, 0.4) is 0 Å². The van der Waals surface area contributed by atoms with Gasteiger partial charge in [-0.3, -0.25) is 10.1 Å². The highest BCUT2D eigenvalue weighted by Crippen LogP contribution is 2.39. The van der Waals surface area contributed by atoms with Gasteiger partial charge >= 0.3 is 6.18 Å². The van der Waals surface area contributed by atoms with Gasteiger partial charge in [0.15, 0.2) is 9.84 Å². The van der Waals surface area contributed by atoms with Gasteiger partial charge in [-0.15, -0.1) is 0 Å². The van der Waals surface area contributed by atoms with Crippen LogP contribution >= 0.6 is 0 Å². The first-order chi connectivity index (χ1) is 13.6. The maximum Gasteiger partial charge on any atom is 0.417 e. The number of aromatic amines is 1. The van der Waals surface area contributed by atoms with E-state index in [0.29, 0.717) is 6.42 Å². The quantitative estimate of drug-likeness (QED) is 0.722. The van der Waals surface area contributed by atoms with Gasteiger partial charge in [-0.25, -0.2) is 13.4 Å². The number of nitrogens with zero attached hydrogens (tertiary/aromatic N) is 1. The molecule has 0 aliphatic heterocycles. The highest BCUT2D eigenvalue weighted by molar-refractivity contribution is 7.90. The van der Waals surface area contributed by atoms with Gasteiger partial charge in [0, 0.05) is 18.6 Å². The number of H-pyrrole nitrogens is 1. The lowest BCUT2D eigenvalue weighted by Gasteiger charge is -2.22. The first-order valence-corrected chi connectivity index (χ1v) is 11.2. The van der Waals surface area contributed by atoms with Crippen molar-refractivity contribution in [3.63, 3.8) is 0 Å². The molecule has 1 fully saturated rings. The number of imidazole rings is 1. The van der Waals surface area contributed by atoms with Crippen LogP contribution in [0, 0.1) is 5.92 Å². The maximum atomic E-state index is 13.6. The number of aromatic nitrogens is 2. The third kappa shape index (κ3) is 5.17. The second-order valence-corrected chi connectivity index (χ2v) is 9.38. The molecule has 2 aromatic rings. The normalized spacial score (nSPS) is 16.7. The van der Waals surface area contributed by atoms with Crippen molar-refractivity contribution in [3.05, 3.63) is 41.7 Å². The van der Waals surface area contributed by atoms with Crippen LogP contribution in [0.5, 0.6) is 0 Å². The van der Waals surface area contributed by atoms with Gasteiger partial charge in [-0.2, -0.15) is 13.2 Å². The van der Waals surface area contributed by atoms with Crippen LogP contribution in [0.1, 0.15) is 49.1 Å². The monoisotopic (exact) mass is 429 g/mol. The molecule has 29 heavy (non-hydrogen) atoms. The van der Waals surface area contributed by atoms with E-state index in [1.165, 1.54) is 18.5 Å². The van der Waals surface area contributed by atoms with E-state index in [0.717, 1.165) is 44.1 Å². The van der Waals surface area contributed by atoms with E-state index in [1.807, 2.05) is 0 Å². The van der Waals surface area contributed by atoms with Crippen molar-refractivity contribution in [2.45, 2.75) is 49.1 Å². The topological polar surface area (TPSA) is 91.9 Å². The number of carbonyl (C=O) groups excluding carboxylic acids is 1. The van der Waals surface area contributed by atoms with Crippen molar-refractivity contribution in [1.29, 1.82) is 0 Å². The molecule has 1 amide bonds. The molecule has 1 aromatic carbocycles. The fourth-order valence-corrected chi connectivity index (χ4v) is 4.71. The average molecular weight is 429 g/mol. The van der Waals surface area contributed by atoms with Gasteiger partial charge in [0.05, 0.1) is 16.4 Å². The lowest BCUT2D eigenvalue weighted by Crippen LogP contribution is -2.24. The van der Waals surface area contributed by atoms with Gasteiger partial charge in [-0.05, 0) is 30.0 Å². The summed E-state index contributed by atoms with van der Waals surface area (Å²) in [6.45, 7) is 0. The molecule has 1 atom stereocenters. The van der Waals surface area contributed by atoms with Crippen molar-refractivity contribution in [3.8, 4) is 0 Å². The third-order valence-electron chi connectivity index (χ3n) is 5.21. The number of halogens is 3. The molecule has 0 bridgehead atoms. The molecule has 1 unspecified atom stereocenters. The highest BCUT2D eigenvalue weighted by atomic mass is 32.2. The Kier molecular flexibility index (Phi) is 6.02. The zero-order valence-electron chi connectivity index (χ0n) is 15.8. The summed E-state index contributed by atoms with van der Waals surface area (Å²) in [5, 5.41) is 2.59. The molecule has 0 radical (unpaired) electrons. The lowest BCUT2D eigenvalue weighted by atomic mass is 9.86. The molecule has 0 saturated heterocycles. The smallest absolute Gasteiger partial charge is 0.331 e. The van der Waals surface area contributed by atoms with E-state index in [1.54, 1.807) is 0 Å². The molecule has 2 N–H and O–H groups in total. The summed E-state index contributed by atoms with van der Waals surface area (Å²) in [6, 6.07) is 3.03. The van der Waals surface area contributed by atoms with E-state index in [4.69, 9.17) is 0 Å². The van der Waals surface area contributed by atoms with Gasteiger partial charge in [0.2, 0.25) is 11.9 Å². The minimum Gasteiger partial charge on any atom is -0.331 e. The summed E-state index contributed by atoms with van der Waals surface area (Å²) in [6.07, 6.45) is 3.11. The predicted molar refractivity (Wildman–Crippen MR) is 101 cm³/mol. The Morgan fingerprint density at radius 3 is 2.55 bits per heavy atom. The number of benzene rings is 1. The van der Waals surface area contributed by atoms with Crippen molar-refractivity contribution in [1.82, 2.24) is 9.97 Å². The predicted octanol–water partition coefficient (Wildman–Crippen LogP) is 4.13. The Labute approximate surface area is 166 Å². The number of carbonyl (C=O) groups is 1. The average Bonchev–Trinajstić information content (AvgIpc) is 3.31. The SMILES string of the molecule is CS(=O)(=O)c1ccc(C(CC2CCCC2)C(=O)Nc2ncc[nH]2)cc1C(F)(F)F. The van der Waals surface area contributed by atoms with Crippen molar-refractivity contribution >= 4 is 21.7 Å². The second-order valence-electron chi connectivity index (χ2n) is 7.39. The highest BCUT2D eigenvalue weighted by Gasteiger charge is 2.38. The Balaban J connectivity index is 2.00. The largest absolute Gasteiger partial charge is 0.417 e. The van der Waals surface area contributed by atoms with Gasteiger partial charge in [0.25, 0.3) is 0 Å². The molecule has 158 valence electrons. The molecule has 0 spiro atoms. The minimum atomic E-state index is -4.86. The molecule has 6 nitrogen and oxygen atoms in total. The van der Waals surface area contributed by atoms with Crippen molar-refractivity contribution < 1.29 is 26.4 Å². The number of rotatable bonds is 6. The van der Waals surface area contributed by atoms with Crippen LogP contribution in [0.4, 0.5) is 19.1 Å². The molecule has 1 aliphatic carbocycles. The summed E-state index contributed by atoms with van der Waals surface area (Å²) in [7, 11) is -4.08. The Morgan fingerprint density at radius 2 is 2.00 bits per heavy atom. The number of anilines is 1.